The molecule has 2 aromatic carbocycles. The van der Waals surface area contributed by atoms with E-state index in [1.807, 2.05) is 24.4 Å². The fraction of sp³-hybridized carbons (Fsp3) is 0. The average Bonchev–Trinajstić information content (AvgIpc) is 2.96. The van der Waals surface area contributed by atoms with E-state index in [2.05, 4.69) is 10.3 Å². The maximum Gasteiger partial charge on any atom is 0.255 e. The number of nitrogens with one attached hydrogen (secondary N) is 2. The van der Waals surface area contributed by atoms with Crippen LogP contribution in [-0.2, 0) is 0 Å². The van der Waals surface area contributed by atoms with Gasteiger partial charge in [-0.1, -0.05) is 17.7 Å². The van der Waals surface area contributed by atoms with E-state index < -0.39 is 0 Å². The highest BCUT2D eigenvalue weighted by atomic mass is 35.5. The molecular weight excluding hydrogens is 286 g/mol. The molecule has 0 fully saturated rings. The Morgan fingerprint density at radius 1 is 1.19 bits per heavy atom. The van der Waals surface area contributed by atoms with Crippen molar-refractivity contribution in [2.45, 2.75) is 0 Å². The molecule has 0 spiro atoms. The van der Waals surface area contributed by atoms with Gasteiger partial charge in [0.15, 0.2) is 0 Å². The Morgan fingerprint density at radius 3 is 2.86 bits per heavy atom. The number of H-pyrrole nitrogens is 1. The minimum absolute atomic E-state index is 0.275. The number of nitriles is 1. The number of halogens is 1. The van der Waals surface area contributed by atoms with Crippen LogP contribution in [-0.4, -0.2) is 10.9 Å². The first-order valence-corrected chi connectivity index (χ1v) is 6.63. The lowest BCUT2D eigenvalue weighted by Gasteiger charge is -2.07. The van der Waals surface area contributed by atoms with Crippen molar-refractivity contribution in [2.24, 2.45) is 0 Å². The van der Waals surface area contributed by atoms with Crippen LogP contribution in [0.5, 0.6) is 0 Å². The van der Waals surface area contributed by atoms with Gasteiger partial charge in [0.05, 0.1) is 22.3 Å². The molecule has 0 aliphatic heterocycles. The highest BCUT2D eigenvalue weighted by Gasteiger charge is 2.10. The normalized spacial score (nSPS) is 10.3. The fourth-order valence-corrected chi connectivity index (χ4v) is 2.24. The maximum absolute atomic E-state index is 12.3. The van der Waals surface area contributed by atoms with Crippen molar-refractivity contribution in [3.8, 4) is 6.07 Å². The van der Waals surface area contributed by atoms with Gasteiger partial charge in [0, 0.05) is 17.3 Å². The van der Waals surface area contributed by atoms with Crippen molar-refractivity contribution < 1.29 is 4.79 Å². The molecule has 3 aromatic rings. The highest BCUT2D eigenvalue weighted by Crippen LogP contribution is 2.24. The average molecular weight is 296 g/mol. The van der Waals surface area contributed by atoms with Gasteiger partial charge in [-0.2, -0.15) is 5.26 Å². The molecule has 2 N–H and O–H groups in total. The largest absolute Gasteiger partial charge is 0.361 e. The van der Waals surface area contributed by atoms with Crippen molar-refractivity contribution in [2.75, 3.05) is 5.32 Å². The van der Waals surface area contributed by atoms with E-state index in [9.17, 15) is 4.79 Å². The zero-order chi connectivity index (χ0) is 14.8. The van der Waals surface area contributed by atoms with Gasteiger partial charge in [0.25, 0.3) is 5.91 Å². The van der Waals surface area contributed by atoms with Gasteiger partial charge in [0.1, 0.15) is 0 Å². The molecule has 1 amide bonds. The van der Waals surface area contributed by atoms with E-state index in [0.29, 0.717) is 21.8 Å². The molecule has 4 nitrogen and oxygen atoms in total. The van der Waals surface area contributed by atoms with Crippen LogP contribution in [0.15, 0.2) is 48.7 Å². The molecule has 0 unspecified atom stereocenters. The van der Waals surface area contributed by atoms with Gasteiger partial charge < -0.3 is 10.3 Å². The zero-order valence-corrected chi connectivity index (χ0v) is 11.6. The van der Waals surface area contributed by atoms with Crippen molar-refractivity contribution >= 4 is 34.1 Å². The van der Waals surface area contributed by atoms with Crippen LogP contribution < -0.4 is 5.32 Å². The summed E-state index contributed by atoms with van der Waals surface area (Å²) in [5, 5.41) is 13.0. The number of hydrogen-bond donors (Lipinski definition) is 2. The number of amides is 1. The predicted octanol–water partition coefficient (Wildman–Crippen LogP) is 3.95. The minimum Gasteiger partial charge on any atom is -0.361 e. The first-order chi connectivity index (χ1) is 10.2. The summed E-state index contributed by atoms with van der Waals surface area (Å²) < 4.78 is 0. The van der Waals surface area contributed by atoms with E-state index in [1.165, 1.54) is 0 Å². The molecule has 3 rings (SSSR count). The topological polar surface area (TPSA) is 68.7 Å². The van der Waals surface area contributed by atoms with Crippen LogP contribution in [0.4, 0.5) is 5.69 Å². The van der Waals surface area contributed by atoms with Crippen LogP contribution in [0, 0.1) is 11.3 Å². The first kappa shape index (κ1) is 13.2. The summed E-state index contributed by atoms with van der Waals surface area (Å²) in [4.78, 5) is 15.3. The number of anilines is 1. The highest BCUT2D eigenvalue weighted by molar-refractivity contribution is 6.34. The van der Waals surface area contributed by atoms with E-state index >= 15 is 0 Å². The number of hydrogen-bond acceptors (Lipinski definition) is 2. The zero-order valence-electron chi connectivity index (χ0n) is 10.9. The fourth-order valence-electron chi connectivity index (χ4n) is 2.07. The first-order valence-electron chi connectivity index (χ1n) is 6.25. The quantitative estimate of drug-likeness (QED) is 0.751. The van der Waals surface area contributed by atoms with Gasteiger partial charge in [-0.15, -0.1) is 0 Å². The molecule has 0 atom stereocenters. The van der Waals surface area contributed by atoms with Gasteiger partial charge >= 0.3 is 0 Å². The Balaban J connectivity index is 1.90. The Hall–Kier alpha value is -2.77. The number of rotatable bonds is 2. The summed E-state index contributed by atoms with van der Waals surface area (Å²) in [6.07, 6.45) is 1.82. The maximum atomic E-state index is 12.3. The number of carbonyl (C=O) groups excluding carboxylic acids is 1. The third-order valence-corrected chi connectivity index (χ3v) is 3.49. The summed E-state index contributed by atoms with van der Waals surface area (Å²) in [6.45, 7) is 0. The van der Waals surface area contributed by atoms with Gasteiger partial charge in [-0.25, -0.2) is 0 Å². The molecular formula is C16H10ClN3O. The van der Waals surface area contributed by atoms with E-state index in [0.717, 1.165) is 10.9 Å². The third-order valence-electron chi connectivity index (χ3n) is 3.16. The Labute approximate surface area is 126 Å². The second-order valence-corrected chi connectivity index (χ2v) is 4.95. The van der Waals surface area contributed by atoms with Crippen LogP contribution in [0.2, 0.25) is 5.02 Å². The molecule has 21 heavy (non-hydrogen) atoms. The predicted molar refractivity (Wildman–Crippen MR) is 82.4 cm³/mol. The molecule has 0 saturated carbocycles. The van der Waals surface area contributed by atoms with Crippen LogP contribution in [0.25, 0.3) is 10.9 Å². The number of aromatic amines is 1. The molecule has 0 aliphatic rings. The Bertz CT molecular complexity index is 877. The number of benzene rings is 2. The molecule has 0 aliphatic carbocycles. The molecule has 1 aromatic heterocycles. The third kappa shape index (κ3) is 2.60. The van der Waals surface area contributed by atoms with Gasteiger partial charge in [-0.3, -0.25) is 4.79 Å². The Morgan fingerprint density at radius 2 is 2.05 bits per heavy atom. The lowest BCUT2D eigenvalue weighted by Crippen LogP contribution is -2.12. The number of fused-ring (bicyclic) bond motifs is 1. The number of aromatic nitrogens is 1. The van der Waals surface area contributed by atoms with Crippen molar-refractivity contribution in [3.05, 3.63) is 64.8 Å². The minimum atomic E-state index is -0.275. The molecule has 102 valence electrons. The lowest BCUT2D eigenvalue weighted by atomic mass is 10.1. The van der Waals surface area contributed by atoms with Gasteiger partial charge in [0.2, 0.25) is 0 Å². The Kier molecular flexibility index (Phi) is 3.35. The summed E-state index contributed by atoms with van der Waals surface area (Å²) in [5.41, 5.74) is 2.27. The summed E-state index contributed by atoms with van der Waals surface area (Å²) in [7, 11) is 0. The van der Waals surface area contributed by atoms with Crippen LogP contribution >= 0.6 is 11.6 Å². The molecule has 1 heterocycles. The second-order valence-electron chi connectivity index (χ2n) is 4.54. The molecule has 0 radical (unpaired) electrons. The molecule has 5 heteroatoms. The number of nitrogens with zero attached hydrogens (tertiary/aromatic N) is 1. The standard InChI is InChI=1S/C16H10ClN3O/c17-13-4-1-10(9-18)7-15(13)20-16(21)12-3-2-11-5-6-19-14(11)8-12/h1-8,19H,(H,20,21). The summed E-state index contributed by atoms with van der Waals surface area (Å²) >= 11 is 6.03. The SMILES string of the molecule is N#Cc1ccc(Cl)c(NC(=O)c2ccc3cc[nH]c3c2)c1. The summed E-state index contributed by atoms with van der Waals surface area (Å²) in [5.74, 6) is -0.275. The van der Waals surface area contributed by atoms with Crippen molar-refractivity contribution in [1.82, 2.24) is 4.98 Å². The second kappa shape index (κ2) is 5.31. The monoisotopic (exact) mass is 295 g/mol. The molecule has 0 saturated heterocycles. The van der Waals surface area contributed by atoms with Crippen molar-refractivity contribution in [3.63, 3.8) is 0 Å². The van der Waals surface area contributed by atoms with Crippen LogP contribution in [0.1, 0.15) is 15.9 Å². The van der Waals surface area contributed by atoms with E-state index in [4.69, 9.17) is 16.9 Å². The van der Waals surface area contributed by atoms with Crippen molar-refractivity contribution in [1.29, 1.82) is 5.26 Å². The molecule has 0 bridgehead atoms. The number of carbonyl (C=O) groups is 1. The lowest BCUT2D eigenvalue weighted by molar-refractivity contribution is 0.102. The summed E-state index contributed by atoms with van der Waals surface area (Å²) in [6, 6.07) is 14.1. The van der Waals surface area contributed by atoms with Crippen LogP contribution in [0.3, 0.4) is 0 Å². The van der Waals surface area contributed by atoms with Gasteiger partial charge in [-0.05, 0) is 41.8 Å². The smallest absolute Gasteiger partial charge is 0.255 e. The van der Waals surface area contributed by atoms with E-state index in [-0.39, 0.29) is 5.91 Å². The van der Waals surface area contributed by atoms with E-state index in [1.54, 1.807) is 30.3 Å².